The van der Waals surface area contributed by atoms with E-state index in [9.17, 15) is 13.9 Å². The summed E-state index contributed by atoms with van der Waals surface area (Å²) in [6, 6.07) is 5.51. The van der Waals surface area contributed by atoms with Crippen molar-refractivity contribution in [2.24, 2.45) is 0 Å². The lowest BCUT2D eigenvalue weighted by Crippen LogP contribution is -2.43. The topological polar surface area (TPSA) is 83.8 Å². The molecule has 6 heterocycles. The zero-order valence-electron chi connectivity index (χ0n) is 24.7. The molecule has 0 spiro atoms. The van der Waals surface area contributed by atoms with E-state index in [1.54, 1.807) is 0 Å². The maximum Gasteiger partial charge on any atom is 0.319 e. The summed E-state index contributed by atoms with van der Waals surface area (Å²) in [4.78, 5) is 18.6. The van der Waals surface area contributed by atoms with Crippen LogP contribution >= 0.6 is 0 Å². The fraction of sp³-hybridized carbons (Fsp3) is 0.441. The number of pyridine rings is 1. The maximum absolute atomic E-state index is 17.0. The van der Waals surface area contributed by atoms with E-state index in [2.05, 4.69) is 20.7 Å². The highest BCUT2D eigenvalue weighted by Gasteiger charge is 2.49. The molecule has 3 fully saturated rings. The van der Waals surface area contributed by atoms with Crippen molar-refractivity contribution in [1.82, 2.24) is 19.9 Å². The van der Waals surface area contributed by atoms with E-state index in [0.29, 0.717) is 67.8 Å². The molecule has 0 unspecified atom stereocenters. The van der Waals surface area contributed by atoms with Crippen molar-refractivity contribution < 1.29 is 27.8 Å². The molecule has 4 aliphatic rings. The van der Waals surface area contributed by atoms with Crippen LogP contribution in [0.15, 0.2) is 24.3 Å². The summed E-state index contributed by atoms with van der Waals surface area (Å²) < 4.78 is 58.5. The number of hydrogen-bond donors (Lipinski definition) is 1. The minimum absolute atomic E-state index is 0.00461. The van der Waals surface area contributed by atoms with Gasteiger partial charge in [0.2, 0.25) is 0 Å². The van der Waals surface area contributed by atoms with Crippen LogP contribution in [0.3, 0.4) is 0 Å². The number of halogens is 3. The first-order valence-corrected chi connectivity index (χ1v) is 15.5. The molecule has 8 nitrogen and oxygen atoms in total. The fourth-order valence-electron chi connectivity index (χ4n) is 7.89. The van der Waals surface area contributed by atoms with Crippen molar-refractivity contribution in [3.8, 4) is 35.4 Å². The summed E-state index contributed by atoms with van der Waals surface area (Å²) in [5.41, 5.74) is 0.193. The molecule has 1 N–H and O–H groups in total. The summed E-state index contributed by atoms with van der Waals surface area (Å²) in [5, 5.41) is 11.8. The molecular weight excluding hydrogens is 583 g/mol. The van der Waals surface area contributed by atoms with Crippen LogP contribution in [0, 0.1) is 24.0 Å². The van der Waals surface area contributed by atoms with Gasteiger partial charge in [0.05, 0.1) is 34.8 Å². The monoisotopic (exact) mass is 615 g/mol. The Kier molecular flexibility index (Phi) is 6.76. The molecule has 8 rings (SSSR count). The number of aromatic hydroxyl groups is 1. The lowest BCUT2D eigenvalue weighted by Gasteiger charge is -2.31. The molecule has 3 atom stereocenters. The zero-order chi connectivity index (χ0) is 30.9. The summed E-state index contributed by atoms with van der Waals surface area (Å²) in [6.45, 7) is 3.15. The molecule has 4 aliphatic heterocycles. The first kappa shape index (κ1) is 28.3. The number of phenolic OH excluding ortho intramolecular Hbond substituents is 1. The van der Waals surface area contributed by atoms with Gasteiger partial charge in [0.1, 0.15) is 41.4 Å². The van der Waals surface area contributed by atoms with Crippen LogP contribution in [0.2, 0.25) is 0 Å². The van der Waals surface area contributed by atoms with E-state index >= 15 is 4.39 Å². The van der Waals surface area contributed by atoms with Crippen molar-refractivity contribution in [3.05, 3.63) is 47.2 Å². The molecule has 0 bridgehead atoms. The Morgan fingerprint density at radius 1 is 1.13 bits per heavy atom. The Bertz CT molecular complexity index is 1900. The third-order valence-corrected chi connectivity index (χ3v) is 9.93. The standard InChI is InChI=1S/C34H32F3N5O3/c1-2-23-25(36)7-5-19-13-22(43)14-24(27(19)23)30-29(37)31-28-26(38-30)8-6-21-17-44-12-4-11-42(21)32(28)40-33(39-31)45-18-34-9-3-10-41(34)16-20(35)15-34/h1,5,7,13-14,20-21,43H,3-4,6,8-12,15-18H2/t20-,21-,34-/m0/s1. The van der Waals surface area contributed by atoms with Crippen molar-refractivity contribution in [1.29, 1.82) is 0 Å². The van der Waals surface area contributed by atoms with E-state index < -0.39 is 23.3 Å². The second kappa shape index (κ2) is 10.7. The molecule has 0 saturated carbocycles. The SMILES string of the molecule is C#Cc1c(F)ccc2cc(O)cc(-c3nc4c5c(nc(OC[C@@]67CCCN6C[C@@H](F)C7)nc5c3F)N3CCCOC[C@@H]3CC4)c12. The van der Waals surface area contributed by atoms with Crippen molar-refractivity contribution in [2.75, 3.05) is 44.4 Å². The number of fused-ring (bicyclic) bond motifs is 4. The molecule has 11 heteroatoms. The van der Waals surface area contributed by atoms with Crippen molar-refractivity contribution in [3.63, 3.8) is 0 Å². The van der Waals surface area contributed by atoms with Crippen LogP contribution in [0.1, 0.15) is 43.4 Å². The van der Waals surface area contributed by atoms with Gasteiger partial charge in [-0.25, -0.2) is 18.2 Å². The third kappa shape index (κ3) is 4.57. The highest BCUT2D eigenvalue weighted by atomic mass is 19.1. The van der Waals surface area contributed by atoms with Gasteiger partial charge in [-0.1, -0.05) is 12.0 Å². The Morgan fingerprint density at radius 3 is 2.89 bits per heavy atom. The van der Waals surface area contributed by atoms with Gasteiger partial charge >= 0.3 is 6.01 Å². The Hall–Kier alpha value is -4.14. The molecule has 4 aromatic rings. The molecule has 2 aromatic carbocycles. The lowest BCUT2D eigenvalue weighted by molar-refractivity contribution is 0.107. The molecule has 0 amide bonds. The highest BCUT2D eigenvalue weighted by Crippen LogP contribution is 2.43. The molecule has 232 valence electrons. The maximum atomic E-state index is 17.0. The average molecular weight is 616 g/mol. The van der Waals surface area contributed by atoms with Gasteiger partial charge in [-0.15, -0.1) is 6.42 Å². The molecule has 3 saturated heterocycles. The van der Waals surface area contributed by atoms with Gasteiger partial charge in [-0.2, -0.15) is 9.97 Å². The van der Waals surface area contributed by atoms with Crippen LogP contribution < -0.4 is 9.64 Å². The van der Waals surface area contributed by atoms with Crippen LogP contribution in [-0.2, 0) is 11.2 Å². The number of ether oxygens (including phenoxy) is 2. The van der Waals surface area contributed by atoms with Crippen LogP contribution in [-0.4, -0.2) is 82.2 Å². The number of aryl methyl sites for hydroxylation is 1. The number of alkyl halides is 1. The summed E-state index contributed by atoms with van der Waals surface area (Å²) in [5.74, 6) is 1.40. The first-order valence-electron chi connectivity index (χ1n) is 15.5. The number of phenols is 1. The van der Waals surface area contributed by atoms with E-state index in [1.807, 2.05) is 0 Å². The van der Waals surface area contributed by atoms with E-state index in [4.69, 9.17) is 25.9 Å². The van der Waals surface area contributed by atoms with Crippen molar-refractivity contribution >= 4 is 27.5 Å². The minimum atomic E-state index is -0.919. The van der Waals surface area contributed by atoms with E-state index in [-0.39, 0.29) is 52.1 Å². The fourth-order valence-corrected chi connectivity index (χ4v) is 7.89. The molecular formula is C34H32F3N5O3. The number of anilines is 1. The Balaban J connectivity index is 1.33. The largest absolute Gasteiger partial charge is 0.508 e. The van der Waals surface area contributed by atoms with Gasteiger partial charge in [0, 0.05) is 37.1 Å². The van der Waals surface area contributed by atoms with E-state index in [0.717, 1.165) is 25.8 Å². The van der Waals surface area contributed by atoms with Gasteiger partial charge in [-0.3, -0.25) is 4.90 Å². The highest BCUT2D eigenvalue weighted by molar-refractivity contribution is 6.03. The molecule has 0 aliphatic carbocycles. The van der Waals surface area contributed by atoms with Crippen LogP contribution in [0.4, 0.5) is 19.0 Å². The zero-order valence-corrected chi connectivity index (χ0v) is 24.7. The Morgan fingerprint density at radius 2 is 2.02 bits per heavy atom. The van der Waals surface area contributed by atoms with Crippen LogP contribution in [0.5, 0.6) is 11.8 Å². The molecule has 2 aromatic heterocycles. The number of nitrogens with zero attached hydrogens (tertiary/aromatic N) is 5. The summed E-state index contributed by atoms with van der Waals surface area (Å²) >= 11 is 0. The number of terminal acetylenes is 1. The number of aromatic nitrogens is 3. The van der Waals surface area contributed by atoms with Gasteiger partial charge in [0.15, 0.2) is 5.82 Å². The quantitative estimate of drug-likeness (QED) is 0.310. The minimum Gasteiger partial charge on any atom is -0.508 e. The molecule has 0 radical (unpaired) electrons. The van der Waals surface area contributed by atoms with Gasteiger partial charge in [0.25, 0.3) is 0 Å². The Labute approximate surface area is 258 Å². The number of hydrogen-bond acceptors (Lipinski definition) is 8. The second-order valence-corrected chi connectivity index (χ2v) is 12.6. The predicted molar refractivity (Wildman–Crippen MR) is 163 cm³/mol. The first-order chi connectivity index (χ1) is 21.8. The normalized spacial score (nSPS) is 24.7. The predicted octanol–water partition coefficient (Wildman–Crippen LogP) is 5.31. The number of rotatable bonds is 4. The molecule has 45 heavy (non-hydrogen) atoms. The van der Waals surface area contributed by atoms with Crippen molar-refractivity contribution in [2.45, 2.75) is 56.3 Å². The third-order valence-electron chi connectivity index (χ3n) is 9.93. The number of benzene rings is 2. The van der Waals surface area contributed by atoms with Crippen LogP contribution in [0.25, 0.3) is 32.9 Å². The second-order valence-electron chi connectivity index (χ2n) is 12.6. The summed E-state index contributed by atoms with van der Waals surface area (Å²) in [7, 11) is 0. The smallest absolute Gasteiger partial charge is 0.319 e. The van der Waals surface area contributed by atoms with Gasteiger partial charge < -0.3 is 19.5 Å². The average Bonchev–Trinajstić information content (AvgIpc) is 3.38. The van der Waals surface area contributed by atoms with Gasteiger partial charge in [-0.05, 0) is 62.2 Å². The van der Waals surface area contributed by atoms with E-state index in [1.165, 1.54) is 24.3 Å². The summed E-state index contributed by atoms with van der Waals surface area (Å²) in [6.07, 6.45) is 8.89. The lowest BCUT2D eigenvalue weighted by atomic mass is 9.95.